The number of fused-ring (bicyclic) bond motifs is 1. The summed E-state index contributed by atoms with van der Waals surface area (Å²) >= 11 is 0. The van der Waals surface area contributed by atoms with Gasteiger partial charge in [-0.3, -0.25) is 0 Å². The van der Waals surface area contributed by atoms with Crippen molar-refractivity contribution in [3.8, 4) is 11.5 Å². The Morgan fingerprint density at radius 3 is 2.76 bits per heavy atom. The summed E-state index contributed by atoms with van der Waals surface area (Å²) in [6.07, 6.45) is 0.504. The van der Waals surface area contributed by atoms with E-state index >= 15 is 0 Å². The van der Waals surface area contributed by atoms with Crippen LogP contribution in [0.2, 0.25) is 0 Å². The molecule has 0 spiro atoms. The molecular formula is C18H20O3. The Bertz CT molecular complexity index is 634. The van der Waals surface area contributed by atoms with Gasteiger partial charge in [-0.15, -0.1) is 0 Å². The van der Waals surface area contributed by atoms with Gasteiger partial charge in [-0.05, 0) is 36.6 Å². The Balaban J connectivity index is 1.73. The summed E-state index contributed by atoms with van der Waals surface area (Å²) < 4.78 is 11.2. The van der Waals surface area contributed by atoms with E-state index in [0.29, 0.717) is 18.3 Å². The molecule has 1 aliphatic rings. The minimum absolute atomic E-state index is 0.439. The molecule has 0 amide bonds. The second kappa shape index (κ2) is 5.78. The summed E-state index contributed by atoms with van der Waals surface area (Å²) in [5.74, 6) is 1.88. The van der Waals surface area contributed by atoms with E-state index in [1.165, 1.54) is 11.1 Å². The first kappa shape index (κ1) is 14.0. The van der Waals surface area contributed by atoms with Crippen LogP contribution in [0.15, 0.2) is 42.5 Å². The first-order chi connectivity index (χ1) is 10.2. The molecule has 2 aromatic carbocycles. The van der Waals surface area contributed by atoms with Crippen molar-refractivity contribution in [1.29, 1.82) is 0 Å². The zero-order chi connectivity index (χ0) is 14.8. The van der Waals surface area contributed by atoms with Crippen LogP contribution in [0, 0.1) is 0 Å². The van der Waals surface area contributed by atoms with Crippen molar-refractivity contribution in [2.24, 2.45) is 0 Å². The third-order valence-electron chi connectivity index (χ3n) is 4.07. The van der Waals surface area contributed by atoms with Gasteiger partial charge < -0.3 is 14.6 Å². The molecule has 21 heavy (non-hydrogen) atoms. The van der Waals surface area contributed by atoms with Crippen molar-refractivity contribution in [1.82, 2.24) is 0 Å². The number of benzene rings is 2. The van der Waals surface area contributed by atoms with Crippen LogP contribution in [-0.4, -0.2) is 18.8 Å². The highest BCUT2D eigenvalue weighted by Gasteiger charge is 2.26. The molecule has 1 aliphatic carbocycles. The lowest BCUT2D eigenvalue weighted by Crippen LogP contribution is -2.23. The molecule has 110 valence electrons. The number of rotatable bonds is 5. The van der Waals surface area contributed by atoms with Gasteiger partial charge in [0.25, 0.3) is 0 Å². The average molecular weight is 284 g/mol. The summed E-state index contributed by atoms with van der Waals surface area (Å²) in [6.45, 7) is 2.37. The van der Waals surface area contributed by atoms with Crippen molar-refractivity contribution in [3.05, 3.63) is 59.2 Å². The molecule has 0 saturated carbocycles. The molecule has 0 radical (unpaired) electrons. The van der Waals surface area contributed by atoms with Gasteiger partial charge in [0.2, 0.25) is 0 Å². The largest absolute Gasteiger partial charge is 0.497 e. The summed E-state index contributed by atoms with van der Waals surface area (Å²) in [7, 11) is 1.63. The van der Waals surface area contributed by atoms with E-state index in [1.807, 2.05) is 18.2 Å². The number of hydrogen-bond acceptors (Lipinski definition) is 3. The molecule has 3 rings (SSSR count). The Morgan fingerprint density at radius 2 is 2.05 bits per heavy atom. The molecule has 2 aromatic rings. The van der Waals surface area contributed by atoms with E-state index in [-0.39, 0.29) is 0 Å². The number of methoxy groups -OCH3 is 1. The lowest BCUT2D eigenvalue weighted by Gasteiger charge is -2.30. The van der Waals surface area contributed by atoms with Crippen LogP contribution in [-0.2, 0) is 6.42 Å². The average Bonchev–Trinajstić information content (AvgIpc) is 2.47. The summed E-state index contributed by atoms with van der Waals surface area (Å²) in [6, 6.07) is 14.0. The van der Waals surface area contributed by atoms with E-state index in [2.05, 4.69) is 24.3 Å². The summed E-state index contributed by atoms with van der Waals surface area (Å²) in [5.41, 5.74) is 3.58. The molecule has 0 bridgehead atoms. The molecule has 0 fully saturated rings. The predicted molar refractivity (Wildman–Crippen MR) is 82.0 cm³/mol. The summed E-state index contributed by atoms with van der Waals surface area (Å²) in [5, 5.41) is 9.84. The molecule has 2 atom stereocenters. The molecule has 0 heterocycles. The molecular weight excluding hydrogens is 264 g/mol. The molecule has 0 saturated heterocycles. The van der Waals surface area contributed by atoms with Crippen molar-refractivity contribution < 1.29 is 14.6 Å². The Labute approximate surface area is 125 Å². The minimum atomic E-state index is -0.556. The van der Waals surface area contributed by atoms with Gasteiger partial charge in [-0.25, -0.2) is 0 Å². The Kier molecular flexibility index (Phi) is 3.84. The normalized spacial score (nSPS) is 17.6. The molecule has 1 unspecified atom stereocenters. The van der Waals surface area contributed by atoms with Crippen molar-refractivity contribution in [2.75, 3.05) is 13.7 Å². The fourth-order valence-electron chi connectivity index (χ4n) is 2.81. The maximum Gasteiger partial charge on any atom is 0.128 e. The van der Waals surface area contributed by atoms with E-state index in [9.17, 15) is 5.11 Å². The topological polar surface area (TPSA) is 38.7 Å². The minimum Gasteiger partial charge on any atom is -0.497 e. The van der Waals surface area contributed by atoms with E-state index in [0.717, 1.165) is 17.7 Å². The van der Waals surface area contributed by atoms with Gasteiger partial charge in [0.1, 0.15) is 11.5 Å². The third-order valence-corrected chi connectivity index (χ3v) is 4.07. The Morgan fingerprint density at radius 1 is 1.24 bits per heavy atom. The lowest BCUT2D eigenvalue weighted by atomic mass is 9.78. The fraction of sp³-hybridized carbons (Fsp3) is 0.333. The van der Waals surface area contributed by atoms with Crippen LogP contribution < -0.4 is 9.47 Å². The van der Waals surface area contributed by atoms with Gasteiger partial charge in [0.05, 0.1) is 19.8 Å². The first-order valence-electron chi connectivity index (χ1n) is 7.25. The third kappa shape index (κ3) is 2.74. The van der Waals surface area contributed by atoms with Crippen LogP contribution in [0.1, 0.15) is 35.6 Å². The van der Waals surface area contributed by atoms with Crippen molar-refractivity contribution >= 4 is 0 Å². The van der Waals surface area contributed by atoms with E-state index < -0.39 is 6.10 Å². The highest BCUT2D eigenvalue weighted by molar-refractivity contribution is 5.43. The SMILES string of the molecule is COc1ccc([C@H](C)O)c(OCC2Cc3ccccc32)c1. The van der Waals surface area contributed by atoms with Crippen LogP contribution >= 0.6 is 0 Å². The van der Waals surface area contributed by atoms with E-state index in [1.54, 1.807) is 14.0 Å². The van der Waals surface area contributed by atoms with Gasteiger partial charge in [0, 0.05) is 17.5 Å². The van der Waals surface area contributed by atoms with Gasteiger partial charge in [-0.2, -0.15) is 0 Å². The second-order valence-electron chi connectivity index (χ2n) is 5.49. The standard InChI is InChI=1S/C18H20O3/c1-12(19)16-8-7-15(20-2)10-18(16)21-11-14-9-13-5-3-4-6-17(13)14/h3-8,10,12,14,19H,9,11H2,1-2H3/t12-,14?/m0/s1. The maximum absolute atomic E-state index is 9.84. The number of hydrogen-bond donors (Lipinski definition) is 1. The predicted octanol–water partition coefficient (Wildman–Crippen LogP) is 3.47. The fourth-order valence-corrected chi connectivity index (χ4v) is 2.81. The second-order valence-corrected chi connectivity index (χ2v) is 5.49. The first-order valence-corrected chi connectivity index (χ1v) is 7.25. The molecule has 1 N–H and O–H groups in total. The van der Waals surface area contributed by atoms with Gasteiger partial charge in [0.15, 0.2) is 0 Å². The van der Waals surface area contributed by atoms with E-state index in [4.69, 9.17) is 9.47 Å². The van der Waals surface area contributed by atoms with Crippen LogP contribution in [0.3, 0.4) is 0 Å². The Hall–Kier alpha value is -2.00. The number of aliphatic hydroxyl groups is 1. The van der Waals surface area contributed by atoms with Crippen LogP contribution in [0.4, 0.5) is 0 Å². The monoisotopic (exact) mass is 284 g/mol. The van der Waals surface area contributed by atoms with Gasteiger partial charge in [-0.1, -0.05) is 24.3 Å². The smallest absolute Gasteiger partial charge is 0.128 e. The quantitative estimate of drug-likeness (QED) is 0.913. The maximum atomic E-state index is 9.84. The number of ether oxygens (including phenoxy) is 2. The number of aliphatic hydroxyl groups excluding tert-OH is 1. The summed E-state index contributed by atoms with van der Waals surface area (Å²) in [4.78, 5) is 0. The molecule has 3 nitrogen and oxygen atoms in total. The molecule has 0 aliphatic heterocycles. The highest BCUT2D eigenvalue weighted by Crippen LogP contribution is 2.36. The van der Waals surface area contributed by atoms with Crippen LogP contribution in [0.5, 0.6) is 11.5 Å². The van der Waals surface area contributed by atoms with Crippen LogP contribution in [0.25, 0.3) is 0 Å². The molecule has 0 aromatic heterocycles. The van der Waals surface area contributed by atoms with Crippen molar-refractivity contribution in [2.45, 2.75) is 25.4 Å². The van der Waals surface area contributed by atoms with Crippen molar-refractivity contribution in [3.63, 3.8) is 0 Å². The highest BCUT2D eigenvalue weighted by atomic mass is 16.5. The lowest BCUT2D eigenvalue weighted by molar-refractivity contribution is 0.188. The van der Waals surface area contributed by atoms with Gasteiger partial charge >= 0.3 is 0 Å². The zero-order valence-electron chi connectivity index (χ0n) is 12.4. The zero-order valence-corrected chi connectivity index (χ0v) is 12.4. The molecule has 3 heteroatoms.